The number of benzene rings is 1. The number of rotatable bonds is 6. The van der Waals surface area contributed by atoms with Crippen LogP contribution < -0.4 is 0 Å². The van der Waals surface area contributed by atoms with E-state index in [-0.39, 0.29) is 6.10 Å². The molecule has 1 fully saturated rings. The molecular weight excluding hydrogens is 222 g/mol. The van der Waals surface area contributed by atoms with Gasteiger partial charge in [0.1, 0.15) is 0 Å². The van der Waals surface area contributed by atoms with Gasteiger partial charge in [-0.05, 0) is 31.2 Å². The summed E-state index contributed by atoms with van der Waals surface area (Å²) in [5, 5.41) is 10.3. The van der Waals surface area contributed by atoms with Gasteiger partial charge in [-0.1, -0.05) is 43.7 Å². The standard InChI is InChI=1S/C16H25NO/c1-12(2)10-17(15-8-9-15)11-16(18)14-6-4-13(3)5-7-14/h4-7,12,15-16,18H,8-11H2,1-3H3. The first-order valence-electron chi connectivity index (χ1n) is 7.05. The maximum absolute atomic E-state index is 10.3. The van der Waals surface area contributed by atoms with Crippen LogP contribution in [0.2, 0.25) is 0 Å². The fourth-order valence-corrected chi connectivity index (χ4v) is 2.40. The van der Waals surface area contributed by atoms with Crippen molar-refractivity contribution in [2.24, 2.45) is 5.92 Å². The molecule has 1 aliphatic carbocycles. The lowest BCUT2D eigenvalue weighted by atomic mass is 10.1. The molecule has 0 aliphatic heterocycles. The molecular formula is C16H25NO. The second-order valence-electron chi connectivity index (χ2n) is 6.01. The predicted molar refractivity (Wildman–Crippen MR) is 75.6 cm³/mol. The van der Waals surface area contributed by atoms with Gasteiger partial charge < -0.3 is 5.11 Å². The Kier molecular flexibility index (Phi) is 4.41. The molecule has 2 rings (SSSR count). The van der Waals surface area contributed by atoms with Crippen molar-refractivity contribution in [1.82, 2.24) is 4.90 Å². The largest absolute Gasteiger partial charge is 0.387 e. The number of nitrogens with zero attached hydrogens (tertiary/aromatic N) is 1. The van der Waals surface area contributed by atoms with Crippen molar-refractivity contribution in [3.05, 3.63) is 35.4 Å². The zero-order chi connectivity index (χ0) is 13.1. The first-order valence-corrected chi connectivity index (χ1v) is 7.05. The van der Waals surface area contributed by atoms with Crippen LogP contribution in [0.5, 0.6) is 0 Å². The monoisotopic (exact) mass is 247 g/mol. The quantitative estimate of drug-likeness (QED) is 0.834. The Labute approximate surface area is 111 Å². The number of aryl methyl sites for hydroxylation is 1. The van der Waals surface area contributed by atoms with Crippen molar-refractivity contribution in [3.63, 3.8) is 0 Å². The summed E-state index contributed by atoms with van der Waals surface area (Å²) in [4.78, 5) is 2.45. The van der Waals surface area contributed by atoms with Crippen LogP contribution >= 0.6 is 0 Å². The van der Waals surface area contributed by atoms with Gasteiger partial charge in [0.15, 0.2) is 0 Å². The number of hydrogen-bond acceptors (Lipinski definition) is 2. The Hall–Kier alpha value is -0.860. The molecule has 18 heavy (non-hydrogen) atoms. The lowest BCUT2D eigenvalue weighted by molar-refractivity contribution is 0.101. The summed E-state index contributed by atoms with van der Waals surface area (Å²) in [6.07, 6.45) is 2.24. The second-order valence-corrected chi connectivity index (χ2v) is 6.01. The fourth-order valence-electron chi connectivity index (χ4n) is 2.40. The van der Waals surface area contributed by atoms with Gasteiger partial charge in [-0.3, -0.25) is 4.90 Å². The highest BCUT2D eigenvalue weighted by Gasteiger charge is 2.30. The van der Waals surface area contributed by atoms with Gasteiger partial charge in [0.2, 0.25) is 0 Å². The summed E-state index contributed by atoms with van der Waals surface area (Å²) in [6, 6.07) is 8.94. The second kappa shape index (κ2) is 5.85. The van der Waals surface area contributed by atoms with E-state index in [0.717, 1.165) is 18.7 Å². The molecule has 0 amide bonds. The van der Waals surface area contributed by atoms with Gasteiger partial charge in [-0.15, -0.1) is 0 Å². The smallest absolute Gasteiger partial charge is 0.0917 e. The minimum atomic E-state index is -0.357. The van der Waals surface area contributed by atoms with Crippen LogP contribution in [-0.2, 0) is 0 Å². The van der Waals surface area contributed by atoms with Crippen LogP contribution in [0.15, 0.2) is 24.3 Å². The summed E-state index contributed by atoms with van der Waals surface area (Å²) in [6.45, 7) is 8.42. The summed E-state index contributed by atoms with van der Waals surface area (Å²) in [5.74, 6) is 0.663. The van der Waals surface area contributed by atoms with Gasteiger partial charge in [0.25, 0.3) is 0 Å². The zero-order valence-electron chi connectivity index (χ0n) is 11.8. The molecule has 1 atom stereocenters. The van der Waals surface area contributed by atoms with Crippen molar-refractivity contribution in [1.29, 1.82) is 0 Å². The van der Waals surface area contributed by atoms with Gasteiger partial charge in [0.05, 0.1) is 6.10 Å². The van der Waals surface area contributed by atoms with Crippen LogP contribution in [0.4, 0.5) is 0 Å². The molecule has 0 bridgehead atoms. The summed E-state index contributed by atoms with van der Waals surface area (Å²) >= 11 is 0. The highest BCUT2D eigenvalue weighted by atomic mass is 16.3. The summed E-state index contributed by atoms with van der Waals surface area (Å²) in [5.41, 5.74) is 2.28. The number of aliphatic hydroxyl groups is 1. The summed E-state index contributed by atoms with van der Waals surface area (Å²) in [7, 11) is 0. The molecule has 0 heterocycles. The minimum absolute atomic E-state index is 0.357. The predicted octanol–water partition coefficient (Wildman–Crippen LogP) is 3.15. The maximum Gasteiger partial charge on any atom is 0.0917 e. The Bertz CT molecular complexity index is 367. The molecule has 0 saturated heterocycles. The highest BCUT2D eigenvalue weighted by molar-refractivity contribution is 5.23. The van der Waals surface area contributed by atoms with E-state index in [0.29, 0.717) is 12.0 Å². The van der Waals surface area contributed by atoms with Crippen molar-refractivity contribution in [2.45, 2.75) is 45.8 Å². The van der Waals surface area contributed by atoms with Crippen LogP contribution in [0.25, 0.3) is 0 Å². The Morgan fingerprint density at radius 3 is 2.28 bits per heavy atom. The van der Waals surface area contributed by atoms with Crippen LogP contribution in [0.3, 0.4) is 0 Å². The zero-order valence-corrected chi connectivity index (χ0v) is 11.8. The minimum Gasteiger partial charge on any atom is -0.387 e. The van der Waals surface area contributed by atoms with E-state index >= 15 is 0 Å². The number of hydrogen-bond donors (Lipinski definition) is 1. The Balaban J connectivity index is 1.95. The van der Waals surface area contributed by atoms with Crippen molar-refractivity contribution in [2.75, 3.05) is 13.1 Å². The average Bonchev–Trinajstić information content (AvgIpc) is 3.12. The first-order chi connectivity index (χ1) is 8.56. The molecule has 1 aromatic carbocycles. The molecule has 1 aliphatic rings. The van der Waals surface area contributed by atoms with Crippen molar-refractivity contribution >= 4 is 0 Å². The van der Waals surface area contributed by atoms with Gasteiger partial charge in [0, 0.05) is 19.1 Å². The molecule has 1 N–H and O–H groups in total. The molecule has 2 nitrogen and oxygen atoms in total. The van der Waals surface area contributed by atoms with Crippen molar-refractivity contribution in [3.8, 4) is 0 Å². The Morgan fingerprint density at radius 1 is 1.17 bits per heavy atom. The maximum atomic E-state index is 10.3. The molecule has 1 aromatic rings. The molecule has 100 valence electrons. The fraction of sp³-hybridized carbons (Fsp3) is 0.625. The van der Waals surface area contributed by atoms with Gasteiger partial charge in [-0.2, -0.15) is 0 Å². The van der Waals surface area contributed by atoms with Crippen LogP contribution in [-0.4, -0.2) is 29.1 Å². The van der Waals surface area contributed by atoms with E-state index in [2.05, 4.69) is 37.8 Å². The summed E-state index contributed by atoms with van der Waals surface area (Å²) < 4.78 is 0. The molecule has 1 unspecified atom stereocenters. The van der Waals surface area contributed by atoms with E-state index < -0.39 is 0 Å². The van der Waals surface area contributed by atoms with E-state index in [9.17, 15) is 5.11 Å². The van der Waals surface area contributed by atoms with E-state index in [1.54, 1.807) is 0 Å². The topological polar surface area (TPSA) is 23.5 Å². The van der Waals surface area contributed by atoms with Crippen molar-refractivity contribution < 1.29 is 5.11 Å². The lowest BCUT2D eigenvalue weighted by Gasteiger charge is -2.26. The van der Waals surface area contributed by atoms with Gasteiger partial charge in [-0.25, -0.2) is 0 Å². The normalized spacial score (nSPS) is 17.4. The third-order valence-corrected chi connectivity index (χ3v) is 3.53. The Morgan fingerprint density at radius 2 is 1.78 bits per heavy atom. The lowest BCUT2D eigenvalue weighted by Crippen LogP contribution is -2.33. The molecule has 1 saturated carbocycles. The van der Waals surface area contributed by atoms with E-state index in [1.807, 2.05) is 12.1 Å². The molecule has 0 aromatic heterocycles. The molecule has 0 radical (unpaired) electrons. The average molecular weight is 247 g/mol. The highest BCUT2D eigenvalue weighted by Crippen LogP contribution is 2.29. The molecule has 2 heteroatoms. The third-order valence-electron chi connectivity index (χ3n) is 3.53. The number of aliphatic hydroxyl groups excluding tert-OH is 1. The van der Waals surface area contributed by atoms with Crippen LogP contribution in [0.1, 0.15) is 43.9 Å². The van der Waals surface area contributed by atoms with E-state index in [1.165, 1.54) is 18.4 Å². The SMILES string of the molecule is Cc1ccc(C(O)CN(CC(C)C)C2CC2)cc1. The van der Waals surface area contributed by atoms with Gasteiger partial charge >= 0.3 is 0 Å². The van der Waals surface area contributed by atoms with E-state index in [4.69, 9.17) is 0 Å². The first kappa shape index (κ1) is 13.6. The third kappa shape index (κ3) is 3.82. The molecule has 0 spiro atoms. The van der Waals surface area contributed by atoms with Crippen LogP contribution in [0, 0.1) is 12.8 Å².